The van der Waals surface area contributed by atoms with Crippen molar-refractivity contribution < 1.29 is 19.4 Å². The second-order valence-corrected chi connectivity index (χ2v) is 5.90. The molecule has 1 rings (SSSR count). The molecule has 1 atom stereocenters. The Hall–Kier alpha value is -1.30. The molecule has 1 saturated heterocycles. The molecule has 1 aliphatic rings. The molecule has 0 saturated carbocycles. The molecule has 1 aliphatic heterocycles. The van der Waals surface area contributed by atoms with Crippen LogP contribution in [0.3, 0.4) is 0 Å². The van der Waals surface area contributed by atoms with Gasteiger partial charge in [0.25, 0.3) is 0 Å². The monoisotopic (exact) mass is 272 g/mol. The number of carboxylic acids is 1. The maximum Gasteiger partial charge on any atom is 0.408 e. The molecule has 110 valence electrons. The van der Waals surface area contributed by atoms with Crippen LogP contribution in [0.1, 0.15) is 40.0 Å². The van der Waals surface area contributed by atoms with E-state index in [4.69, 9.17) is 9.84 Å². The van der Waals surface area contributed by atoms with Gasteiger partial charge in [0.05, 0.1) is 0 Å². The molecule has 6 heteroatoms. The first-order valence-electron chi connectivity index (χ1n) is 6.72. The van der Waals surface area contributed by atoms with Crippen LogP contribution >= 0.6 is 0 Å². The fourth-order valence-corrected chi connectivity index (χ4v) is 2.04. The first-order valence-corrected chi connectivity index (χ1v) is 6.72. The number of carbonyl (C=O) groups excluding carboxylic acids is 1. The van der Waals surface area contributed by atoms with Crippen LogP contribution in [0.2, 0.25) is 0 Å². The van der Waals surface area contributed by atoms with Gasteiger partial charge in [-0.15, -0.1) is 0 Å². The van der Waals surface area contributed by atoms with Crippen molar-refractivity contribution in [3.63, 3.8) is 0 Å². The minimum atomic E-state index is -1.03. The zero-order valence-electron chi connectivity index (χ0n) is 11.9. The lowest BCUT2D eigenvalue weighted by molar-refractivity contribution is -0.140. The van der Waals surface area contributed by atoms with Gasteiger partial charge in [-0.25, -0.2) is 9.59 Å². The van der Waals surface area contributed by atoms with Crippen LogP contribution in [0.25, 0.3) is 0 Å². The van der Waals surface area contributed by atoms with E-state index in [1.54, 1.807) is 20.8 Å². The number of nitrogens with zero attached hydrogens (tertiary/aromatic N) is 1. The SMILES string of the molecule is CC(C)(C)OC(=O)N[C@@H](CN1CCCCC1)C(=O)O. The highest BCUT2D eigenvalue weighted by atomic mass is 16.6. The number of ether oxygens (including phenoxy) is 1. The summed E-state index contributed by atoms with van der Waals surface area (Å²) >= 11 is 0. The molecule has 0 radical (unpaired) electrons. The molecule has 0 bridgehead atoms. The number of hydrogen-bond donors (Lipinski definition) is 2. The van der Waals surface area contributed by atoms with Crippen molar-refractivity contribution in [2.24, 2.45) is 0 Å². The van der Waals surface area contributed by atoms with Crippen molar-refractivity contribution in [1.29, 1.82) is 0 Å². The third kappa shape index (κ3) is 6.42. The molecule has 0 aliphatic carbocycles. The van der Waals surface area contributed by atoms with E-state index in [9.17, 15) is 9.59 Å². The van der Waals surface area contributed by atoms with Gasteiger partial charge in [0.2, 0.25) is 0 Å². The van der Waals surface area contributed by atoms with E-state index in [0.29, 0.717) is 6.54 Å². The summed E-state index contributed by atoms with van der Waals surface area (Å²) in [5.41, 5.74) is -0.627. The van der Waals surface area contributed by atoms with Crippen molar-refractivity contribution in [2.75, 3.05) is 19.6 Å². The fraction of sp³-hybridized carbons (Fsp3) is 0.846. The number of alkyl carbamates (subject to hydrolysis) is 1. The van der Waals surface area contributed by atoms with Crippen LogP contribution in [-0.2, 0) is 9.53 Å². The molecular weight excluding hydrogens is 248 g/mol. The van der Waals surface area contributed by atoms with Crippen LogP contribution in [0, 0.1) is 0 Å². The Bertz CT molecular complexity index is 319. The molecule has 0 spiro atoms. The molecular formula is C13H24N2O4. The molecule has 0 aromatic carbocycles. The first-order chi connectivity index (χ1) is 8.78. The van der Waals surface area contributed by atoms with Gasteiger partial charge >= 0.3 is 12.1 Å². The van der Waals surface area contributed by atoms with Gasteiger partial charge in [-0.2, -0.15) is 0 Å². The van der Waals surface area contributed by atoms with E-state index >= 15 is 0 Å². The Kier molecular flexibility index (Phi) is 5.60. The van der Waals surface area contributed by atoms with Crippen molar-refractivity contribution in [1.82, 2.24) is 10.2 Å². The number of nitrogens with one attached hydrogen (secondary N) is 1. The molecule has 1 heterocycles. The molecule has 1 fully saturated rings. The minimum Gasteiger partial charge on any atom is -0.480 e. The van der Waals surface area contributed by atoms with Crippen molar-refractivity contribution in [3.05, 3.63) is 0 Å². The zero-order chi connectivity index (χ0) is 14.5. The second kappa shape index (κ2) is 6.75. The highest BCUT2D eigenvalue weighted by molar-refractivity contribution is 5.80. The van der Waals surface area contributed by atoms with Gasteiger partial charge in [0.15, 0.2) is 0 Å². The maximum atomic E-state index is 11.6. The highest BCUT2D eigenvalue weighted by Crippen LogP contribution is 2.10. The number of aliphatic carboxylic acids is 1. The predicted molar refractivity (Wildman–Crippen MR) is 71.1 cm³/mol. The quantitative estimate of drug-likeness (QED) is 0.810. The number of piperidine rings is 1. The summed E-state index contributed by atoms with van der Waals surface area (Å²) in [6.45, 7) is 7.33. The Balaban J connectivity index is 2.48. The van der Waals surface area contributed by atoms with Crippen LogP contribution in [-0.4, -0.2) is 53.3 Å². The summed E-state index contributed by atoms with van der Waals surface area (Å²) in [5.74, 6) is -1.03. The number of carbonyl (C=O) groups is 2. The van der Waals surface area contributed by atoms with Crippen molar-refractivity contribution in [2.45, 2.75) is 51.7 Å². The summed E-state index contributed by atoms with van der Waals surface area (Å²) in [5, 5.41) is 11.6. The largest absolute Gasteiger partial charge is 0.480 e. The lowest BCUT2D eigenvalue weighted by Crippen LogP contribution is -2.50. The number of likely N-dealkylation sites (tertiary alicyclic amines) is 1. The van der Waals surface area contributed by atoms with Crippen LogP contribution in [0.15, 0.2) is 0 Å². The van der Waals surface area contributed by atoms with E-state index in [-0.39, 0.29) is 0 Å². The van der Waals surface area contributed by atoms with Gasteiger partial charge in [-0.05, 0) is 46.7 Å². The van der Waals surface area contributed by atoms with E-state index in [1.807, 2.05) is 0 Å². The molecule has 19 heavy (non-hydrogen) atoms. The van der Waals surface area contributed by atoms with Crippen LogP contribution in [0.5, 0.6) is 0 Å². The zero-order valence-corrected chi connectivity index (χ0v) is 11.9. The maximum absolute atomic E-state index is 11.6. The lowest BCUT2D eigenvalue weighted by atomic mass is 10.1. The smallest absolute Gasteiger partial charge is 0.408 e. The Morgan fingerprint density at radius 3 is 2.32 bits per heavy atom. The van der Waals surface area contributed by atoms with E-state index in [2.05, 4.69) is 10.2 Å². The van der Waals surface area contributed by atoms with E-state index in [1.165, 1.54) is 6.42 Å². The van der Waals surface area contributed by atoms with E-state index < -0.39 is 23.7 Å². The van der Waals surface area contributed by atoms with Crippen molar-refractivity contribution >= 4 is 12.1 Å². The summed E-state index contributed by atoms with van der Waals surface area (Å²) in [7, 11) is 0. The summed E-state index contributed by atoms with van der Waals surface area (Å²) in [6, 6.07) is -0.923. The van der Waals surface area contributed by atoms with Crippen LogP contribution < -0.4 is 5.32 Å². The Morgan fingerprint density at radius 2 is 1.84 bits per heavy atom. The normalized spacial score (nSPS) is 18.7. The highest BCUT2D eigenvalue weighted by Gasteiger charge is 2.26. The summed E-state index contributed by atoms with van der Waals surface area (Å²) in [6.07, 6.45) is 2.67. The molecule has 2 N–H and O–H groups in total. The first kappa shape index (κ1) is 15.8. The van der Waals surface area contributed by atoms with Gasteiger partial charge in [-0.3, -0.25) is 0 Å². The van der Waals surface area contributed by atoms with E-state index in [0.717, 1.165) is 25.9 Å². The average Bonchev–Trinajstić information content (AvgIpc) is 2.26. The van der Waals surface area contributed by atoms with Gasteiger partial charge in [0.1, 0.15) is 11.6 Å². The molecule has 0 unspecified atom stereocenters. The number of hydrogen-bond acceptors (Lipinski definition) is 4. The number of carboxylic acid groups (broad SMARTS) is 1. The number of amides is 1. The van der Waals surface area contributed by atoms with Crippen LogP contribution in [0.4, 0.5) is 4.79 Å². The fourth-order valence-electron chi connectivity index (χ4n) is 2.04. The lowest BCUT2D eigenvalue weighted by Gasteiger charge is -2.29. The molecule has 0 aromatic heterocycles. The third-order valence-corrected chi connectivity index (χ3v) is 2.88. The molecule has 1 amide bonds. The topological polar surface area (TPSA) is 78.9 Å². The number of rotatable bonds is 4. The Morgan fingerprint density at radius 1 is 1.26 bits per heavy atom. The average molecular weight is 272 g/mol. The standard InChI is InChI=1S/C13H24N2O4/c1-13(2,3)19-12(18)14-10(11(16)17)9-15-7-5-4-6-8-15/h10H,4-9H2,1-3H3,(H,14,18)(H,16,17)/t10-/m0/s1. The summed E-state index contributed by atoms with van der Waals surface area (Å²) < 4.78 is 5.08. The Labute approximate surface area is 114 Å². The molecule has 0 aromatic rings. The molecule has 6 nitrogen and oxygen atoms in total. The third-order valence-electron chi connectivity index (χ3n) is 2.88. The summed E-state index contributed by atoms with van der Waals surface area (Å²) in [4.78, 5) is 24.8. The predicted octanol–water partition coefficient (Wildman–Crippen LogP) is 1.45. The van der Waals surface area contributed by atoms with Gasteiger partial charge < -0.3 is 20.1 Å². The van der Waals surface area contributed by atoms with Gasteiger partial charge in [-0.1, -0.05) is 6.42 Å². The van der Waals surface area contributed by atoms with Crippen molar-refractivity contribution in [3.8, 4) is 0 Å². The van der Waals surface area contributed by atoms with Gasteiger partial charge in [0, 0.05) is 6.54 Å². The minimum absolute atomic E-state index is 0.328. The second-order valence-electron chi connectivity index (χ2n) is 5.90.